The van der Waals surface area contributed by atoms with Crippen LogP contribution >= 0.6 is 0 Å². The quantitative estimate of drug-likeness (QED) is 0.712. The number of anilines is 1. The smallest absolute Gasteiger partial charge is 0.228 e. The average molecular weight is 365 g/mol. The van der Waals surface area contributed by atoms with Gasteiger partial charge in [-0.15, -0.1) is 0 Å². The van der Waals surface area contributed by atoms with E-state index in [0.29, 0.717) is 30.6 Å². The third kappa shape index (κ3) is 4.46. The first-order valence-corrected chi connectivity index (χ1v) is 9.25. The van der Waals surface area contributed by atoms with Gasteiger partial charge in [-0.2, -0.15) is 4.98 Å². The van der Waals surface area contributed by atoms with Gasteiger partial charge >= 0.3 is 0 Å². The van der Waals surface area contributed by atoms with Gasteiger partial charge in [-0.25, -0.2) is 9.97 Å². The topological polar surface area (TPSA) is 92.9 Å². The Morgan fingerprint density at radius 1 is 1.33 bits per heavy atom. The summed E-state index contributed by atoms with van der Waals surface area (Å²) in [5.74, 6) is 2.46. The molecule has 3 aromatic rings. The van der Waals surface area contributed by atoms with E-state index in [1.807, 2.05) is 12.1 Å². The number of pyridine rings is 1. The molecule has 0 spiro atoms. The Labute approximate surface area is 158 Å². The van der Waals surface area contributed by atoms with E-state index in [4.69, 9.17) is 4.52 Å². The van der Waals surface area contributed by atoms with E-state index < -0.39 is 0 Å². The van der Waals surface area contributed by atoms with Crippen molar-refractivity contribution in [2.45, 2.75) is 25.2 Å². The summed E-state index contributed by atoms with van der Waals surface area (Å²) in [4.78, 5) is 19.6. The molecule has 1 atom stereocenters. The second-order valence-corrected chi connectivity index (χ2v) is 6.86. The maximum absolute atomic E-state index is 5.32. The van der Waals surface area contributed by atoms with Crippen LogP contribution in [0.2, 0.25) is 0 Å². The van der Waals surface area contributed by atoms with Gasteiger partial charge in [0, 0.05) is 49.5 Å². The van der Waals surface area contributed by atoms with E-state index >= 15 is 0 Å². The molecular formula is C19H23N7O. The molecule has 27 heavy (non-hydrogen) atoms. The maximum Gasteiger partial charge on any atom is 0.228 e. The summed E-state index contributed by atoms with van der Waals surface area (Å²) in [6, 6.07) is 5.81. The van der Waals surface area contributed by atoms with Gasteiger partial charge in [-0.1, -0.05) is 5.16 Å². The van der Waals surface area contributed by atoms with Crippen LogP contribution in [0.1, 0.15) is 30.3 Å². The van der Waals surface area contributed by atoms with Gasteiger partial charge in [0.05, 0.1) is 5.69 Å². The molecule has 4 heterocycles. The molecule has 1 saturated heterocycles. The summed E-state index contributed by atoms with van der Waals surface area (Å²) in [6.07, 6.45) is 8.09. The summed E-state index contributed by atoms with van der Waals surface area (Å²) in [5.41, 5.74) is 1.95. The minimum atomic E-state index is 0.477. The minimum Gasteiger partial charge on any atom is -0.369 e. The third-order valence-corrected chi connectivity index (χ3v) is 4.76. The van der Waals surface area contributed by atoms with Crippen LogP contribution < -0.4 is 5.32 Å². The summed E-state index contributed by atoms with van der Waals surface area (Å²) in [7, 11) is 2.16. The zero-order valence-electron chi connectivity index (χ0n) is 15.4. The summed E-state index contributed by atoms with van der Waals surface area (Å²) in [6.45, 7) is 2.88. The number of rotatable bonds is 6. The van der Waals surface area contributed by atoms with Crippen LogP contribution in [0.25, 0.3) is 11.4 Å². The molecule has 0 amide bonds. The highest BCUT2D eigenvalue weighted by molar-refractivity contribution is 5.51. The van der Waals surface area contributed by atoms with Gasteiger partial charge in [0.15, 0.2) is 0 Å². The van der Waals surface area contributed by atoms with Crippen molar-refractivity contribution in [2.24, 2.45) is 0 Å². The van der Waals surface area contributed by atoms with Gasteiger partial charge in [0.25, 0.3) is 0 Å². The molecule has 0 radical (unpaired) electrons. The molecule has 3 aromatic heterocycles. The minimum absolute atomic E-state index is 0.477. The fourth-order valence-electron chi connectivity index (χ4n) is 3.37. The van der Waals surface area contributed by atoms with Gasteiger partial charge in [0.2, 0.25) is 11.7 Å². The first-order chi connectivity index (χ1) is 13.3. The van der Waals surface area contributed by atoms with Crippen molar-refractivity contribution >= 4 is 5.82 Å². The number of likely N-dealkylation sites (N-methyl/N-ethyl adjacent to an activating group) is 1. The lowest BCUT2D eigenvalue weighted by Gasteiger charge is -2.29. The fraction of sp³-hybridized carbons (Fsp3) is 0.421. The van der Waals surface area contributed by atoms with Crippen LogP contribution in [0.15, 0.2) is 41.4 Å². The molecule has 0 unspecified atom stereocenters. The van der Waals surface area contributed by atoms with Crippen LogP contribution in [-0.4, -0.2) is 56.7 Å². The van der Waals surface area contributed by atoms with E-state index in [-0.39, 0.29) is 0 Å². The van der Waals surface area contributed by atoms with Crippen molar-refractivity contribution < 1.29 is 4.52 Å². The van der Waals surface area contributed by atoms with Crippen LogP contribution in [0, 0.1) is 0 Å². The molecule has 0 bridgehead atoms. The highest BCUT2D eigenvalue weighted by atomic mass is 16.5. The molecule has 8 heteroatoms. The molecule has 1 aliphatic rings. The van der Waals surface area contributed by atoms with Crippen molar-refractivity contribution in [3.05, 3.63) is 48.5 Å². The molecule has 0 aromatic carbocycles. The van der Waals surface area contributed by atoms with E-state index in [2.05, 4.69) is 48.4 Å². The second-order valence-electron chi connectivity index (χ2n) is 6.86. The first-order valence-electron chi connectivity index (χ1n) is 9.25. The standard InChI is InChI=1S/C19H23N7O/c1-26-9-3-5-15(12-26)16-10-17(23-13-22-16)21-8-6-18-24-19(25-27-18)14-4-2-7-20-11-14/h2,4,7,10-11,13,15H,3,5-6,8-9,12H2,1H3,(H,21,22,23)/t15-/m0/s1. The molecule has 4 rings (SSSR count). The summed E-state index contributed by atoms with van der Waals surface area (Å²) >= 11 is 0. The second kappa shape index (κ2) is 8.22. The van der Waals surface area contributed by atoms with Crippen molar-refractivity contribution in [3.63, 3.8) is 0 Å². The van der Waals surface area contributed by atoms with Crippen molar-refractivity contribution in [1.82, 2.24) is 30.0 Å². The van der Waals surface area contributed by atoms with Gasteiger partial charge in [0.1, 0.15) is 12.1 Å². The van der Waals surface area contributed by atoms with Crippen LogP contribution in [0.4, 0.5) is 5.82 Å². The predicted molar refractivity (Wildman–Crippen MR) is 101 cm³/mol. The zero-order chi connectivity index (χ0) is 18.5. The van der Waals surface area contributed by atoms with Crippen molar-refractivity contribution in [3.8, 4) is 11.4 Å². The lowest BCUT2D eigenvalue weighted by molar-refractivity contribution is 0.248. The van der Waals surface area contributed by atoms with Crippen molar-refractivity contribution in [1.29, 1.82) is 0 Å². The van der Waals surface area contributed by atoms with Crippen LogP contribution in [-0.2, 0) is 6.42 Å². The monoisotopic (exact) mass is 365 g/mol. The summed E-state index contributed by atoms with van der Waals surface area (Å²) in [5, 5.41) is 7.34. The van der Waals surface area contributed by atoms with Crippen LogP contribution in [0.5, 0.6) is 0 Å². The van der Waals surface area contributed by atoms with Crippen LogP contribution in [0.3, 0.4) is 0 Å². The SMILES string of the molecule is CN1CCC[C@H](c2cc(NCCc3nc(-c4cccnc4)no3)ncn2)C1. The molecule has 0 aliphatic carbocycles. The van der Waals surface area contributed by atoms with E-state index in [1.165, 1.54) is 12.8 Å². The molecule has 1 aliphatic heterocycles. The third-order valence-electron chi connectivity index (χ3n) is 4.76. The fourth-order valence-corrected chi connectivity index (χ4v) is 3.37. The highest BCUT2D eigenvalue weighted by Crippen LogP contribution is 2.25. The number of nitrogens with zero attached hydrogens (tertiary/aromatic N) is 6. The van der Waals surface area contributed by atoms with Gasteiger partial charge in [-0.3, -0.25) is 4.98 Å². The highest BCUT2D eigenvalue weighted by Gasteiger charge is 2.20. The largest absolute Gasteiger partial charge is 0.369 e. The molecule has 1 fully saturated rings. The van der Waals surface area contributed by atoms with Gasteiger partial charge in [-0.05, 0) is 38.6 Å². The Bertz CT molecular complexity index is 867. The Morgan fingerprint density at radius 2 is 2.30 bits per heavy atom. The Kier molecular flexibility index (Phi) is 5.34. The molecule has 0 saturated carbocycles. The molecule has 1 N–H and O–H groups in total. The number of piperidine rings is 1. The predicted octanol–water partition coefficient (Wildman–Crippen LogP) is 2.39. The Hall–Kier alpha value is -2.87. The number of aromatic nitrogens is 5. The lowest BCUT2D eigenvalue weighted by atomic mass is 9.95. The lowest BCUT2D eigenvalue weighted by Crippen LogP contribution is -2.31. The first kappa shape index (κ1) is 17.5. The number of likely N-dealkylation sites (tertiary alicyclic amines) is 1. The number of hydrogen-bond donors (Lipinski definition) is 1. The molecule has 8 nitrogen and oxygen atoms in total. The normalized spacial score (nSPS) is 17.7. The maximum atomic E-state index is 5.32. The number of nitrogens with one attached hydrogen (secondary N) is 1. The summed E-state index contributed by atoms with van der Waals surface area (Å²) < 4.78 is 5.32. The van der Waals surface area contributed by atoms with E-state index in [1.54, 1.807) is 18.7 Å². The van der Waals surface area contributed by atoms with Gasteiger partial charge < -0.3 is 14.7 Å². The van der Waals surface area contributed by atoms with Crippen molar-refractivity contribution in [2.75, 3.05) is 32.0 Å². The average Bonchev–Trinajstić information content (AvgIpc) is 3.18. The molecular weight excluding hydrogens is 342 g/mol. The Balaban J connectivity index is 1.33. The van der Waals surface area contributed by atoms with E-state index in [9.17, 15) is 0 Å². The zero-order valence-corrected chi connectivity index (χ0v) is 15.4. The Morgan fingerprint density at radius 3 is 3.15 bits per heavy atom. The molecule has 140 valence electrons. The number of hydrogen-bond acceptors (Lipinski definition) is 8. The van der Waals surface area contributed by atoms with E-state index in [0.717, 1.165) is 30.2 Å².